The van der Waals surface area contributed by atoms with Gasteiger partial charge in [-0.3, -0.25) is 9.59 Å². The molecule has 3 aromatic rings. The van der Waals surface area contributed by atoms with Crippen molar-refractivity contribution >= 4 is 29.3 Å². The van der Waals surface area contributed by atoms with Crippen molar-refractivity contribution in [2.24, 2.45) is 5.73 Å². The van der Waals surface area contributed by atoms with Gasteiger partial charge in [0.2, 0.25) is 0 Å². The fourth-order valence-corrected chi connectivity index (χ4v) is 2.89. The van der Waals surface area contributed by atoms with Gasteiger partial charge in [0.15, 0.2) is 0 Å². The summed E-state index contributed by atoms with van der Waals surface area (Å²) in [6.07, 6.45) is -0.810. The van der Waals surface area contributed by atoms with Crippen LogP contribution < -0.4 is 21.1 Å². The van der Waals surface area contributed by atoms with Crippen molar-refractivity contribution in [3.63, 3.8) is 0 Å². The van der Waals surface area contributed by atoms with Crippen LogP contribution in [0.1, 0.15) is 28.4 Å². The molecule has 0 saturated heterocycles. The highest BCUT2D eigenvalue weighted by molar-refractivity contribution is 6.04. The molecule has 0 spiro atoms. The number of primary amides is 1. The Hall–Kier alpha value is -4.33. The Morgan fingerprint density at radius 1 is 0.839 bits per heavy atom. The molecule has 0 aliphatic heterocycles. The number of rotatable bonds is 8. The lowest BCUT2D eigenvalue weighted by atomic mass is 10.1. The van der Waals surface area contributed by atoms with Crippen LogP contribution in [0.25, 0.3) is 0 Å². The Bertz CT molecular complexity index is 1050. The van der Waals surface area contributed by atoms with Gasteiger partial charge in [-0.25, -0.2) is 4.79 Å². The lowest BCUT2D eigenvalue weighted by Gasteiger charge is -2.18. The number of nitrogens with one attached hydrogen (secondary N) is 2. The molecule has 0 fully saturated rings. The monoisotopic (exact) mass is 419 g/mol. The van der Waals surface area contributed by atoms with Gasteiger partial charge >= 0.3 is 12.0 Å². The number of carboxylic acids is 1. The number of carbonyl (C=O) groups is 3. The molecule has 1 unspecified atom stereocenters. The van der Waals surface area contributed by atoms with Crippen molar-refractivity contribution in [3.8, 4) is 5.75 Å². The van der Waals surface area contributed by atoms with Gasteiger partial charge in [-0.1, -0.05) is 30.3 Å². The highest BCUT2D eigenvalue weighted by Gasteiger charge is 2.17. The number of nitrogens with two attached hydrogens (primary N) is 1. The minimum Gasteiger partial charge on any atom is -0.485 e. The zero-order chi connectivity index (χ0) is 22.2. The number of anilines is 2. The molecule has 0 bridgehead atoms. The maximum Gasteiger partial charge on any atom is 0.316 e. The van der Waals surface area contributed by atoms with E-state index in [1.54, 1.807) is 48.5 Å². The van der Waals surface area contributed by atoms with E-state index in [0.29, 0.717) is 22.7 Å². The Morgan fingerprint density at radius 3 is 2.00 bits per heavy atom. The molecule has 158 valence electrons. The second kappa shape index (κ2) is 9.93. The van der Waals surface area contributed by atoms with E-state index in [2.05, 4.69) is 10.6 Å². The van der Waals surface area contributed by atoms with Gasteiger partial charge in [-0.05, 0) is 54.1 Å². The second-order valence-electron chi connectivity index (χ2n) is 6.66. The van der Waals surface area contributed by atoms with E-state index in [1.807, 2.05) is 30.3 Å². The molecule has 1 atom stereocenters. The van der Waals surface area contributed by atoms with Gasteiger partial charge in [0.25, 0.3) is 5.91 Å². The summed E-state index contributed by atoms with van der Waals surface area (Å²) in [5.74, 6) is -0.808. The first-order valence-electron chi connectivity index (χ1n) is 9.42. The lowest BCUT2D eigenvalue weighted by molar-refractivity contribution is -0.138. The third-order valence-electron chi connectivity index (χ3n) is 4.34. The zero-order valence-electron chi connectivity index (χ0n) is 16.4. The highest BCUT2D eigenvalue weighted by Crippen LogP contribution is 2.26. The molecule has 0 saturated carbocycles. The van der Waals surface area contributed by atoms with Crippen molar-refractivity contribution in [3.05, 3.63) is 90.0 Å². The molecule has 0 heterocycles. The fraction of sp³-hybridized carbons (Fsp3) is 0.0870. The smallest absolute Gasteiger partial charge is 0.316 e. The predicted molar refractivity (Wildman–Crippen MR) is 116 cm³/mol. The number of amides is 3. The molecule has 5 N–H and O–H groups in total. The molecule has 31 heavy (non-hydrogen) atoms. The summed E-state index contributed by atoms with van der Waals surface area (Å²) in [6.45, 7) is 0. The average molecular weight is 419 g/mol. The van der Waals surface area contributed by atoms with Crippen molar-refractivity contribution in [1.29, 1.82) is 0 Å². The van der Waals surface area contributed by atoms with E-state index in [-0.39, 0.29) is 12.3 Å². The van der Waals surface area contributed by atoms with Crippen LogP contribution in [-0.2, 0) is 4.79 Å². The van der Waals surface area contributed by atoms with Crippen molar-refractivity contribution in [2.45, 2.75) is 12.5 Å². The van der Waals surface area contributed by atoms with Crippen LogP contribution in [-0.4, -0.2) is 23.0 Å². The van der Waals surface area contributed by atoms with Crippen LogP contribution >= 0.6 is 0 Å². The van der Waals surface area contributed by atoms with Crippen LogP contribution in [0.15, 0.2) is 78.9 Å². The molecule has 0 aromatic heterocycles. The standard InChI is InChI=1S/C23H21N3O5/c24-23(30)26-18-8-6-16(7-9-18)22(29)25-17-10-12-19(13-11-17)31-20(14-21(27)28)15-4-2-1-3-5-15/h1-13,20H,14H2,(H,25,29)(H,27,28)(H3,24,26,30). The predicted octanol–water partition coefficient (Wildman–Crippen LogP) is 4.02. The first-order chi connectivity index (χ1) is 14.9. The molecule has 3 rings (SSSR count). The summed E-state index contributed by atoms with van der Waals surface area (Å²) in [7, 11) is 0. The maximum atomic E-state index is 12.4. The third-order valence-corrected chi connectivity index (χ3v) is 4.34. The number of hydrogen-bond acceptors (Lipinski definition) is 4. The number of ether oxygens (including phenoxy) is 1. The van der Waals surface area contributed by atoms with E-state index in [0.717, 1.165) is 5.56 Å². The molecule has 0 aliphatic carbocycles. The molecule has 3 aromatic carbocycles. The number of benzene rings is 3. The number of urea groups is 1. The quantitative estimate of drug-likeness (QED) is 0.438. The minimum absolute atomic E-state index is 0.177. The number of carbonyl (C=O) groups excluding carboxylic acids is 2. The SMILES string of the molecule is NC(=O)Nc1ccc(C(=O)Nc2ccc(OC(CC(=O)O)c3ccccc3)cc2)cc1. The summed E-state index contributed by atoms with van der Waals surface area (Å²) in [5, 5.41) is 14.4. The minimum atomic E-state index is -0.963. The Labute approximate surface area is 178 Å². The van der Waals surface area contributed by atoms with Crippen LogP contribution in [0, 0.1) is 0 Å². The Kier molecular flexibility index (Phi) is 6.85. The van der Waals surface area contributed by atoms with Crippen LogP contribution in [0.3, 0.4) is 0 Å². The lowest BCUT2D eigenvalue weighted by Crippen LogP contribution is -2.19. The van der Waals surface area contributed by atoms with Crippen LogP contribution in [0.4, 0.5) is 16.2 Å². The third kappa shape index (κ3) is 6.33. The summed E-state index contributed by atoms with van der Waals surface area (Å²) in [5.41, 5.74) is 7.25. The normalized spacial score (nSPS) is 11.2. The number of carboxylic acid groups (broad SMARTS) is 1. The first-order valence-corrected chi connectivity index (χ1v) is 9.42. The summed E-state index contributed by atoms with van der Waals surface area (Å²) in [6, 6.07) is 21.4. The largest absolute Gasteiger partial charge is 0.485 e. The van der Waals surface area contributed by atoms with E-state index in [4.69, 9.17) is 10.5 Å². The second-order valence-corrected chi connectivity index (χ2v) is 6.66. The Morgan fingerprint density at radius 2 is 1.42 bits per heavy atom. The van der Waals surface area contributed by atoms with Crippen molar-refractivity contribution < 1.29 is 24.2 Å². The summed E-state index contributed by atoms with van der Waals surface area (Å²) >= 11 is 0. The zero-order valence-corrected chi connectivity index (χ0v) is 16.4. The Balaban J connectivity index is 1.64. The summed E-state index contributed by atoms with van der Waals surface area (Å²) in [4.78, 5) is 34.4. The molecular formula is C23H21N3O5. The van der Waals surface area contributed by atoms with Crippen LogP contribution in [0.5, 0.6) is 5.75 Å². The molecule has 8 heteroatoms. The van der Waals surface area contributed by atoms with Crippen molar-refractivity contribution in [1.82, 2.24) is 0 Å². The van der Waals surface area contributed by atoms with E-state index in [1.165, 1.54) is 0 Å². The number of aliphatic carboxylic acids is 1. The van der Waals surface area contributed by atoms with Gasteiger partial charge in [-0.2, -0.15) is 0 Å². The van der Waals surface area contributed by atoms with Gasteiger partial charge < -0.3 is 26.2 Å². The fourth-order valence-electron chi connectivity index (χ4n) is 2.89. The van der Waals surface area contributed by atoms with Gasteiger partial charge in [0.05, 0.1) is 6.42 Å². The van der Waals surface area contributed by atoms with Crippen molar-refractivity contribution in [2.75, 3.05) is 10.6 Å². The van der Waals surface area contributed by atoms with E-state index >= 15 is 0 Å². The summed E-state index contributed by atoms with van der Waals surface area (Å²) < 4.78 is 5.86. The maximum absolute atomic E-state index is 12.4. The van der Waals surface area contributed by atoms with E-state index < -0.39 is 18.1 Å². The van der Waals surface area contributed by atoms with Gasteiger partial charge in [0, 0.05) is 16.9 Å². The van der Waals surface area contributed by atoms with E-state index in [9.17, 15) is 19.5 Å². The average Bonchev–Trinajstić information content (AvgIpc) is 2.75. The first kappa shape index (κ1) is 21.4. The molecule has 3 amide bonds. The molecular weight excluding hydrogens is 398 g/mol. The van der Waals surface area contributed by atoms with Gasteiger partial charge in [-0.15, -0.1) is 0 Å². The molecule has 8 nitrogen and oxygen atoms in total. The molecule has 0 radical (unpaired) electrons. The van der Waals surface area contributed by atoms with Crippen LogP contribution in [0.2, 0.25) is 0 Å². The van der Waals surface area contributed by atoms with Gasteiger partial charge in [0.1, 0.15) is 11.9 Å². The number of hydrogen-bond donors (Lipinski definition) is 4. The topological polar surface area (TPSA) is 131 Å². The highest BCUT2D eigenvalue weighted by atomic mass is 16.5. The molecule has 0 aliphatic rings.